The van der Waals surface area contributed by atoms with Gasteiger partial charge in [0.05, 0.1) is 0 Å². The van der Waals surface area contributed by atoms with Crippen LogP contribution < -0.4 is 0 Å². The Morgan fingerprint density at radius 1 is 0.520 bits per heavy atom. The second-order valence-corrected chi connectivity index (χ2v) is 13.8. The van der Waals surface area contributed by atoms with Crippen LogP contribution in [0.3, 0.4) is 0 Å². The van der Waals surface area contributed by atoms with Gasteiger partial charge in [-0.1, -0.05) is 186 Å². The zero-order valence-electron chi connectivity index (χ0n) is 29.9. The van der Waals surface area contributed by atoms with E-state index in [2.05, 4.69) is 148 Å². The zero-order chi connectivity index (χ0) is 34.8. The molecule has 258 valence electrons. The van der Waals surface area contributed by atoms with Gasteiger partial charge in [-0.15, -0.1) is 13.2 Å². The molecule has 0 aliphatic carbocycles. The van der Waals surface area contributed by atoms with Gasteiger partial charge in [0.1, 0.15) is 23.4 Å². The highest BCUT2D eigenvalue weighted by Gasteiger charge is 2.67. The molecule has 2 fully saturated rings. The van der Waals surface area contributed by atoms with Crippen LogP contribution in [0.5, 0.6) is 0 Å². The first-order valence-corrected chi connectivity index (χ1v) is 18.8. The van der Waals surface area contributed by atoms with Crippen LogP contribution >= 0.6 is 0 Å². The Balaban J connectivity index is 1.64. The Morgan fingerprint density at radius 3 is 1.08 bits per heavy atom. The van der Waals surface area contributed by atoms with Crippen molar-refractivity contribution >= 4 is 14.2 Å². The van der Waals surface area contributed by atoms with Crippen LogP contribution in [0.2, 0.25) is 11.6 Å². The van der Waals surface area contributed by atoms with Crippen LogP contribution in [0.4, 0.5) is 0 Å². The second kappa shape index (κ2) is 17.0. The molecular formula is C44H52B2O4. The monoisotopic (exact) mass is 666 g/mol. The van der Waals surface area contributed by atoms with E-state index >= 15 is 0 Å². The predicted molar refractivity (Wildman–Crippen MR) is 207 cm³/mol. The van der Waals surface area contributed by atoms with E-state index in [4.69, 9.17) is 18.6 Å². The number of hydrogen-bond donors (Lipinski definition) is 0. The van der Waals surface area contributed by atoms with Gasteiger partial charge in [-0.25, -0.2) is 0 Å². The summed E-state index contributed by atoms with van der Waals surface area (Å²) in [6, 6.07) is 42.3. The van der Waals surface area contributed by atoms with Gasteiger partial charge in [-0.05, 0) is 35.1 Å². The molecule has 0 aromatic heterocycles. The quantitative estimate of drug-likeness (QED) is 0.0678. The molecule has 4 atom stereocenters. The summed E-state index contributed by atoms with van der Waals surface area (Å²) in [5, 5.41) is 0. The van der Waals surface area contributed by atoms with Crippen molar-refractivity contribution < 1.29 is 18.6 Å². The summed E-state index contributed by atoms with van der Waals surface area (Å²) < 4.78 is 29.8. The van der Waals surface area contributed by atoms with E-state index in [1.165, 1.54) is 0 Å². The molecule has 2 saturated heterocycles. The Hall–Kier alpha value is -3.67. The van der Waals surface area contributed by atoms with E-state index in [1.54, 1.807) is 0 Å². The highest BCUT2D eigenvalue weighted by Crippen LogP contribution is 2.56. The van der Waals surface area contributed by atoms with E-state index in [1.807, 2.05) is 12.2 Å². The Labute approximate surface area is 301 Å². The predicted octanol–water partition coefficient (Wildman–Crippen LogP) is 11.0. The maximum Gasteiger partial charge on any atom is 0.465 e. The first kappa shape index (κ1) is 36.1. The first-order chi connectivity index (χ1) is 24.6. The summed E-state index contributed by atoms with van der Waals surface area (Å²) in [5.41, 5.74) is 2.00. The minimum Gasteiger partial charge on any atom is -0.401 e. The van der Waals surface area contributed by atoms with Gasteiger partial charge < -0.3 is 18.6 Å². The van der Waals surface area contributed by atoms with E-state index in [-0.39, 0.29) is 11.6 Å². The molecule has 0 amide bonds. The fraction of sp³-hybridized carbons (Fsp3) is 0.364. The first-order valence-electron chi connectivity index (χ1n) is 18.8. The lowest BCUT2D eigenvalue weighted by atomic mass is 9.58. The Bertz CT molecular complexity index is 1420. The van der Waals surface area contributed by atoms with Gasteiger partial charge in [0.2, 0.25) is 0 Å². The van der Waals surface area contributed by atoms with Crippen LogP contribution in [0.25, 0.3) is 0 Å². The molecule has 6 heteroatoms. The summed E-state index contributed by atoms with van der Waals surface area (Å²) in [7, 11) is -1.22. The van der Waals surface area contributed by atoms with Gasteiger partial charge in [-0.3, -0.25) is 0 Å². The van der Waals surface area contributed by atoms with Crippen LogP contribution in [-0.2, 0) is 29.8 Å². The molecule has 50 heavy (non-hydrogen) atoms. The lowest BCUT2D eigenvalue weighted by Gasteiger charge is -2.60. The summed E-state index contributed by atoms with van der Waals surface area (Å²) in [4.78, 5) is 0. The molecule has 0 radical (unpaired) electrons. The number of unbranched alkanes of at least 4 members (excludes halogenated alkanes) is 4. The van der Waals surface area contributed by atoms with E-state index in [0.29, 0.717) is 0 Å². The van der Waals surface area contributed by atoms with Crippen LogP contribution in [0.1, 0.15) is 87.5 Å². The minimum absolute atomic E-state index is 0.0498. The normalized spacial score (nSPS) is 20.8. The second-order valence-electron chi connectivity index (χ2n) is 13.8. The van der Waals surface area contributed by atoms with Crippen molar-refractivity contribution in [2.45, 2.75) is 100 Å². The smallest absolute Gasteiger partial charge is 0.401 e. The molecule has 0 saturated carbocycles. The molecule has 4 aromatic rings. The highest BCUT2D eigenvalue weighted by molar-refractivity contribution is 6.49. The fourth-order valence-electron chi connectivity index (χ4n) is 7.98. The number of rotatable bonds is 16. The van der Waals surface area contributed by atoms with Crippen molar-refractivity contribution in [3.05, 3.63) is 169 Å². The minimum atomic E-state index is -1.03. The molecule has 0 spiro atoms. The average molecular weight is 667 g/mol. The number of fused-ring (bicyclic) bond motifs is 1. The van der Waals surface area contributed by atoms with Crippen molar-refractivity contribution in [2.75, 3.05) is 0 Å². The zero-order valence-corrected chi connectivity index (χ0v) is 29.9. The van der Waals surface area contributed by atoms with Gasteiger partial charge in [0.15, 0.2) is 0 Å². The SMILES string of the molecule is C=C[C@H](CCCCC)B1O[C@@H]2[C@@H](OB([C@H](C=C)CCCCC)OC2(c2ccccc2)c2ccccc2)C(c2ccccc2)(c2ccccc2)O1. The van der Waals surface area contributed by atoms with Crippen LogP contribution in [0.15, 0.2) is 147 Å². The van der Waals surface area contributed by atoms with Gasteiger partial charge in [-0.2, -0.15) is 0 Å². The van der Waals surface area contributed by atoms with Crippen molar-refractivity contribution in [3.8, 4) is 0 Å². The third-order valence-electron chi connectivity index (χ3n) is 10.6. The molecular weight excluding hydrogens is 614 g/mol. The Kier molecular flexibility index (Phi) is 12.3. The molecule has 2 aliphatic heterocycles. The topological polar surface area (TPSA) is 36.9 Å². The third-order valence-corrected chi connectivity index (χ3v) is 10.6. The average Bonchev–Trinajstić information content (AvgIpc) is 3.19. The molecule has 2 aliphatic rings. The summed E-state index contributed by atoms with van der Waals surface area (Å²) in [5.74, 6) is -0.0996. The molecule has 4 nitrogen and oxygen atoms in total. The maximum atomic E-state index is 7.52. The molecule has 4 aromatic carbocycles. The van der Waals surface area contributed by atoms with Gasteiger partial charge >= 0.3 is 14.2 Å². The third kappa shape index (κ3) is 7.09. The van der Waals surface area contributed by atoms with E-state index in [9.17, 15) is 0 Å². The Morgan fingerprint density at radius 2 is 0.820 bits per heavy atom. The van der Waals surface area contributed by atoms with E-state index in [0.717, 1.165) is 73.6 Å². The lowest BCUT2D eigenvalue weighted by molar-refractivity contribution is -0.216. The van der Waals surface area contributed by atoms with E-state index < -0.39 is 37.6 Å². The highest BCUT2D eigenvalue weighted by atomic mass is 16.7. The molecule has 0 bridgehead atoms. The number of allylic oxidation sites excluding steroid dienone is 2. The molecule has 2 heterocycles. The largest absolute Gasteiger partial charge is 0.465 e. The molecule has 0 unspecified atom stereocenters. The molecule has 6 rings (SSSR count). The number of benzene rings is 4. The van der Waals surface area contributed by atoms with Crippen LogP contribution in [-0.4, -0.2) is 26.4 Å². The molecule has 0 N–H and O–H groups in total. The van der Waals surface area contributed by atoms with Crippen molar-refractivity contribution in [1.29, 1.82) is 0 Å². The maximum absolute atomic E-state index is 7.52. The summed E-state index contributed by atoms with van der Waals surface area (Å²) >= 11 is 0. The van der Waals surface area contributed by atoms with Gasteiger partial charge in [0.25, 0.3) is 0 Å². The standard InChI is InChI=1S/C44H52B2O4/c1-5-9-15-33-39(7-3)45-47-41-42(43(49-45,35-25-17-11-18-26-35)36-27-19-12-20-28-36)48-46(40(8-4)34-16-10-6-2)50-44(41,37-29-21-13-22-30-37)38-31-23-14-24-32-38/h7-8,11-14,17-32,39-42H,3-6,9-10,15-16,33-34H2,1-2H3/t39-,40-,41-,42-/m1/s1. The van der Waals surface area contributed by atoms with Crippen molar-refractivity contribution in [3.63, 3.8) is 0 Å². The summed E-state index contributed by atoms with van der Waals surface area (Å²) in [6.07, 6.45) is 11.3. The number of hydrogen-bond acceptors (Lipinski definition) is 4. The van der Waals surface area contributed by atoms with Crippen molar-refractivity contribution in [2.24, 2.45) is 0 Å². The van der Waals surface area contributed by atoms with Gasteiger partial charge in [0, 0.05) is 11.6 Å². The van der Waals surface area contributed by atoms with Crippen molar-refractivity contribution in [1.82, 2.24) is 0 Å². The fourth-order valence-corrected chi connectivity index (χ4v) is 7.98. The van der Waals surface area contributed by atoms with Crippen LogP contribution in [0, 0.1) is 0 Å². The summed E-state index contributed by atoms with van der Waals surface area (Å²) in [6.45, 7) is 13.1. The lowest BCUT2D eigenvalue weighted by Crippen LogP contribution is -2.72.